The van der Waals surface area contributed by atoms with Crippen LogP contribution in [0.5, 0.6) is 0 Å². The molecule has 0 saturated carbocycles. The van der Waals surface area contributed by atoms with Crippen LogP contribution in [0, 0.1) is 0 Å². The van der Waals surface area contributed by atoms with Crippen LogP contribution in [0.2, 0.25) is 0 Å². The minimum Gasteiger partial charge on any atom is -0.420 e. The number of ether oxygens (including phenoxy) is 1. The molecule has 0 aromatic rings. The van der Waals surface area contributed by atoms with Gasteiger partial charge in [0, 0.05) is 6.42 Å². The minimum atomic E-state index is 0. The highest BCUT2D eigenvalue weighted by molar-refractivity contribution is 5.87. The summed E-state index contributed by atoms with van der Waals surface area (Å²) in [4.78, 5) is 11.7. The second kappa shape index (κ2) is 64.6. The predicted octanol–water partition coefficient (Wildman–Crippen LogP) is 9.51. The van der Waals surface area contributed by atoms with Gasteiger partial charge in [0.1, 0.15) is 12.6 Å². The second-order valence-corrected chi connectivity index (χ2v) is 4.14. The van der Waals surface area contributed by atoms with Crippen molar-refractivity contribution in [3.8, 4) is 0 Å². The number of carbonyl (C=O) groups is 1. The van der Waals surface area contributed by atoms with Gasteiger partial charge in [-0.05, 0) is 26.2 Å². The minimum absolute atomic E-state index is 0. The Hall–Kier alpha value is 4.65. The predicted molar refractivity (Wildman–Crippen MR) is 180 cm³/mol. The third-order valence-corrected chi connectivity index (χ3v) is 3.33. The Morgan fingerprint density at radius 1 is 0.645 bits per heavy atom. The highest BCUT2D eigenvalue weighted by atomic mass is 35.5. The van der Waals surface area contributed by atoms with Crippen LogP contribution in [-0.2, 0) is 4.74 Å². The Morgan fingerprint density at radius 2 is 1.00 bits per heavy atom. The van der Waals surface area contributed by atoms with E-state index < -0.39 is 0 Å². The molecule has 2 rings (SSSR count). The number of nitrogens with zero attached hydrogens (tertiary/aromatic N) is 1. The van der Waals surface area contributed by atoms with E-state index in [0.717, 1.165) is 13.1 Å². The fourth-order valence-corrected chi connectivity index (χ4v) is 2.46. The number of hydrogen-bond acceptors (Lipinski definition) is 2. The van der Waals surface area contributed by atoms with Gasteiger partial charge in [-0.25, -0.2) is 4.48 Å². The lowest BCUT2D eigenvalue weighted by atomic mass is 10.2. The molecule has 2 heterocycles. The van der Waals surface area contributed by atoms with Crippen molar-refractivity contribution < 1.29 is 14.0 Å². The number of quaternary nitrogens is 1. The number of hydrogen-bond donors (Lipinski definition) is 0. The number of rotatable bonds is 1. The maximum atomic E-state index is 11.7. The number of amides is 1. The largest absolute Gasteiger partial charge is 0.516 e. The fraction of sp³-hybridized carbons (Fsp3) is 0.900. The van der Waals surface area contributed by atoms with Crippen LogP contribution < -0.4 is 0 Å². The molecule has 2 aliphatic rings. The lowest BCUT2D eigenvalue weighted by Gasteiger charge is -2.14. The number of fused-ring (bicyclic) bond motifs is 1. The molecule has 31 heavy (non-hydrogen) atoms. The summed E-state index contributed by atoms with van der Waals surface area (Å²) in [7, 11) is 0. The summed E-state index contributed by atoms with van der Waals surface area (Å²) in [6, 6.07) is 0.599. The molecule has 3 nitrogen and oxygen atoms in total. The van der Waals surface area contributed by atoms with E-state index in [4.69, 9.17) is 4.74 Å². The summed E-state index contributed by atoms with van der Waals surface area (Å²) in [6.07, 6.45) is 5.02. The van der Waals surface area contributed by atoms with Crippen LogP contribution in [0.4, 0.5) is 4.79 Å². The van der Waals surface area contributed by atoms with Gasteiger partial charge in [-0.3, -0.25) is 0 Å². The molecule has 1 amide bonds. The summed E-state index contributed by atoms with van der Waals surface area (Å²) in [5.74, 6) is 0. The second-order valence-electron chi connectivity index (χ2n) is 4.14. The summed E-state index contributed by atoms with van der Waals surface area (Å²) >= 11 is 0. The molecule has 0 aromatic carbocycles. The van der Waals surface area contributed by atoms with Gasteiger partial charge in [0.15, 0.2) is 0 Å². The van der Waals surface area contributed by atoms with Gasteiger partial charge < -0.3 is 4.74 Å². The third-order valence-electron chi connectivity index (χ3n) is 3.33. The van der Waals surface area contributed by atoms with E-state index in [9.17, 15) is 4.79 Å². The van der Waals surface area contributed by atoms with E-state index in [-0.39, 0.29) is 229 Å². The average molecular weight is 841 g/mol. The number of carbonyl (C=O) groups excluding carboxylic acids is 1. The maximum absolute atomic E-state index is 11.7. The zero-order valence-corrected chi connectivity index (χ0v) is 30.3. The molecule has 0 radical (unpaired) electrons. The first kappa shape index (κ1) is 123. The monoisotopic (exact) mass is 832 g/mol. The molecular formula is C10H36Cl18NO2+. The summed E-state index contributed by atoms with van der Waals surface area (Å²) in [6.45, 7) is 4.46. The normalized spacial score (nSPS) is 15.7. The van der Waals surface area contributed by atoms with Gasteiger partial charge in [-0.2, -0.15) is 4.79 Å². The molecule has 0 bridgehead atoms. The number of halogens is 18. The molecular weight excluding hydrogens is 804 g/mol. The van der Waals surface area contributed by atoms with Crippen molar-refractivity contribution in [1.29, 1.82) is 0 Å². The Bertz CT molecular complexity index is 247. The van der Waals surface area contributed by atoms with E-state index >= 15 is 0 Å². The van der Waals surface area contributed by atoms with Gasteiger partial charge in [-0.1, -0.05) is 0 Å². The van der Waals surface area contributed by atoms with Crippen LogP contribution in [0.15, 0.2) is 0 Å². The van der Waals surface area contributed by atoms with E-state index in [1.807, 2.05) is 6.92 Å². The fourth-order valence-electron chi connectivity index (χ4n) is 2.46. The van der Waals surface area contributed by atoms with Gasteiger partial charge >= 0.3 is 6.09 Å². The van der Waals surface area contributed by atoms with Crippen LogP contribution in [-0.4, -0.2) is 36.3 Å². The van der Waals surface area contributed by atoms with Crippen molar-refractivity contribution in [1.82, 2.24) is 0 Å². The molecule has 2 saturated heterocycles. The standard InChI is InChI=1S/C10H18NO2.18ClH/c1-2-13-10(12)11-7-5-3-4-6-9(11)8-11;;;;;;;;;;;;;;;;;;/h9H,2-8H2,1H3;18*1H/q+1;;;;;;;;;;;;;;;;;;. The quantitative estimate of drug-likeness (QED) is 0.195. The maximum Gasteiger partial charge on any atom is 0.516 e. The lowest BCUT2D eigenvalue weighted by molar-refractivity contribution is -0.736. The molecule has 2 fully saturated rings. The van der Waals surface area contributed by atoms with Crippen molar-refractivity contribution in [3.63, 3.8) is 0 Å². The van der Waals surface area contributed by atoms with Crippen LogP contribution in [0.3, 0.4) is 0 Å². The first-order valence-electron chi connectivity index (χ1n) is 5.33. The van der Waals surface area contributed by atoms with Gasteiger partial charge in [0.2, 0.25) is 0 Å². The molecule has 0 aliphatic carbocycles. The van der Waals surface area contributed by atoms with E-state index in [1.165, 1.54) is 25.7 Å². The Labute approximate surface area is 298 Å². The van der Waals surface area contributed by atoms with Gasteiger partial charge in [0.25, 0.3) is 0 Å². The van der Waals surface area contributed by atoms with Crippen molar-refractivity contribution in [3.05, 3.63) is 0 Å². The van der Waals surface area contributed by atoms with Crippen molar-refractivity contribution in [2.45, 2.75) is 38.6 Å². The van der Waals surface area contributed by atoms with Crippen molar-refractivity contribution >= 4 is 229 Å². The molecule has 2 atom stereocenters. The molecule has 21 heteroatoms. The van der Waals surface area contributed by atoms with Gasteiger partial charge in [0.05, 0.1) is 13.2 Å². The Balaban J connectivity index is -0.00000000726. The van der Waals surface area contributed by atoms with E-state index in [2.05, 4.69) is 0 Å². The van der Waals surface area contributed by atoms with Crippen molar-refractivity contribution in [2.75, 3.05) is 19.7 Å². The highest BCUT2D eigenvalue weighted by Gasteiger charge is 2.61. The van der Waals surface area contributed by atoms with E-state index in [0.29, 0.717) is 17.1 Å². The zero-order valence-electron chi connectivity index (χ0n) is 15.6. The summed E-state index contributed by atoms with van der Waals surface area (Å²) in [5, 5.41) is 0. The topological polar surface area (TPSA) is 26.3 Å². The Morgan fingerprint density at radius 3 is 1.32 bits per heavy atom. The molecule has 2 aliphatic heterocycles. The SMILES string of the molecule is CCOC(=O)[N+]12CCCCCC1C2.Cl.Cl.Cl.Cl.Cl.Cl.Cl.Cl.Cl.Cl.Cl.Cl.Cl.Cl.Cl.Cl.Cl.Cl. The molecule has 0 spiro atoms. The first-order chi connectivity index (χ1) is 6.29. The first-order valence-corrected chi connectivity index (χ1v) is 5.33. The molecule has 0 aromatic heterocycles. The third kappa shape index (κ3) is 36.9. The van der Waals surface area contributed by atoms with Gasteiger partial charge in [-0.15, -0.1) is 223 Å². The summed E-state index contributed by atoms with van der Waals surface area (Å²) < 4.78 is 5.76. The molecule has 2 unspecified atom stereocenters. The molecule has 218 valence electrons. The lowest BCUT2D eigenvalue weighted by Crippen LogP contribution is -2.37. The summed E-state index contributed by atoms with van der Waals surface area (Å²) in [5.41, 5.74) is 0. The van der Waals surface area contributed by atoms with Crippen LogP contribution >= 0.6 is 223 Å². The van der Waals surface area contributed by atoms with E-state index in [1.54, 1.807) is 0 Å². The average Bonchev–Trinajstić information content (AvgIpc) is 2.77. The highest BCUT2D eigenvalue weighted by Crippen LogP contribution is 2.39. The smallest absolute Gasteiger partial charge is 0.420 e. The molecule has 0 N–H and O–H groups in total. The zero-order chi connectivity index (χ0) is 9.31. The van der Waals surface area contributed by atoms with Crippen molar-refractivity contribution in [2.24, 2.45) is 0 Å². The van der Waals surface area contributed by atoms with Crippen LogP contribution in [0.1, 0.15) is 32.6 Å². The van der Waals surface area contributed by atoms with Crippen LogP contribution in [0.25, 0.3) is 0 Å². The Kier molecular flexibility index (Phi) is 256.